The van der Waals surface area contributed by atoms with Crippen molar-refractivity contribution in [2.24, 2.45) is 4.99 Å². The molecule has 0 bridgehead atoms. The molecule has 1 aliphatic heterocycles. The predicted octanol–water partition coefficient (Wildman–Crippen LogP) is 2.38. The molecule has 6 nitrogen and oxygen atoms in total. The van der Waals surface area contributed by atoms with Crippen molar-refractivity contribution in [1.82, 2.24) is 15.1 Å². The van der Waals surface area contributed by atoms with Crippen molar-refractivity contribution in [3.05, 3.63) is 29.8 Å². The first-order valence-electron chi connectivity index (χ1n) is 9.05. The molecule has 1 amide bonds. The molecule has 0 atom stereocenters. The Bertz CT molecular complexity index is 587. The van der Waals surface area contributed by atoms with Gasteiger partial charge in [0.15, 0.2) is 5.96 Å². The zero-order valence-corrected chi connectivity index (χ0v) is 18.4. The number of ether oxygens (including phenoxy) is 1. The third-order valence-electron chi connectivity index (χ3n) is 4.38. The molecule has 1 heterocycles. The number of rotatable bonds is 6. The van der Waals surface area contributed by atoms with Gasteiger partial charge in [-0.25, -0.2) is 0 Å². The van der Waals surface area contributed by atoms with Crippen molar-refractivity contribution in [2.75, 3.05) is 46.4 Å². The lowest BCUT2D eigenvalue weighted by Crippen LogP contribution is -2.53. The molecule has 1 saturated heterocycles. The van der Waals surface area contributed by atoms with E-state index in [0.29, 0.717) is 0 Å². The number of aryl methyl sites for hydroxylation is 1. The average Bonchev–Trinajstić information content (AvgIpc) is 2.64. The Morgan fingerprint density at radius 3 is 2.54 bits per heavy atom. The number of methoxy groups -OCH3 is 1. The van der Waals surface area contributed by atoms with Crippen LogP contribution in [0, 0.1) is 0 Å². The van der Waals surface area contributed by atoms with Crippen LogP contribution in [0.3, 0.4) is 0 Å². The molecular weight excluding hydrogens is 443 g/mol. The molecule has 0 spiro atoms. The second kappa shape index (κ2) is 12.0. The van der Waals surface area contributed by atoms with Gasteiger partial charge in [0.2, 0.25) is 5.91 Å². The van der Waals surface area contributed by atoms with Crippen LogP contribution in [-0.4, -0.2) is 68.0 Å². The first-order valence-corrected chi connectivity index (χ1v) is 9.05. The number of nitrogens with zero attached hydrogens (tertiary/aromatic N) is 3. The normalized spacial score (nSPS) is 14.7. The minimum absolute atomic E-state index is 0. The molecule has 0 unspecified atom stereocenters. The average molecular weight is 474 g/mol. The smallest absolute Gasteiger partial charge is 0.219 e. The van der Waals surface area contributed by atoms with E-state index < -0.39 is 0 Å². The molecule has 0 radical (unpaired) electrons. The molecule has 0 aromatic heterocycles. The van der Waals surface area contributed by atoms with Gasteiger partial charge in [0.05, 0.1) is 7.11 Å². The van der Waals surface area contributed by atoms with Crippen molar-refractivity contribution in [3.63, 3.8) is 0 Å². The van der Waals surface area contributed by atoms with Crippen LogP contribution in [0.1, 0.15) is 25.8 Å². The SMILES string of the molecule is CCNC(=NCCCc1cccc(OC)c1)N1CCN(C(C)=O)CC1.I. The Labute approximate surface area is 174 Å². The van der Waals surface area contributed by atoms with E-state index >= 15 is 0 Å². The molecule has 146 valence electrons. The summed E-state index contributed by atoms with van der Waals surface area (Å²) < 4.78 is 5.26. The van der Waals surface area contributed by atoms with Gasteiger partial charge in [-0.3, -0.25) is 9.79 Å². The number of halogens is 1. The Hall–Kier alpha value is -1.51. The van der Waals surface area contributed by atoms with Gasteiger partial charge in [-0.2, -0.15) is 0 Å². The third kappa shape index (κ3) is 7.01. The number of amides is 1. The third-order valence-corrected chi connectivity index (χ3v) is 4.38. The molecule has 1 aromatic rings. The van der Waals surface area contributed by atoms with Crippen LogP contribution in [0.4, 0.5) is 0 Å². The number of benzene rings is 1. The summed E-state index contributed by atoms with van der Waals surface area (Å²) in [6.45, 7) is 8.55. The van der Waals surface area contributed by atoms with E-state index in [2.05, 4.69) is 29.3 Å². The van der Waals surface area contributed by atoms with Gasteiger partial charge in [0.25, 0.3) is 0 Å². The maximum atomic E-state index is 11.4. The largest absolute Gasteiger partial charge is 0.497 e. The number of nitrogens with one attached hydrogen (secondary N) is 1. The second-order valence-corrected chi connectivity index (χ2v) is 6.18. The first kappa shape index (κ1) is 22.5. The number of carbonyl (C=O) groups is 1. The summed E-state index contributed by atoms with van der Waals surface area (Å²) in [6, 6.07) is 8.19. The van der Waals surface area contributed by atoms with Gasteiger partial charge < -0.3 is 19.9 Å². The van der Waals surface area contributed by atoms with Crippen LogP contribution in [0.5, 0.6) is 5.75 Å². The zero-order chi connectivity index (χ0) is 18.1. The minimum atomic E-state index is 0. The van der Waals surface area contributed by atoms with E-state index in [4.69, 9.17) is 9.73 Å². The topological polar surface area (TPSA) is 57.2 Å². The van der Waals surface area contributed by atoms with E-state index in [1.165, 1.54) is 5.56 Å². The monoisotopic (exact) mass is 474 g/mol. The molecule has 7 heteroatoms. The van der Waals surface area contributed by atoms with Crippen molar-refractivity contribution >= 4 is 35.8 Å². The van der Waals surface area contributed by atoms with Crippen molar-refractivity contribution < 1.29 is 9.53 Å². The summed E-state index contributed by atoms with van der Waals surface area (Å²) in [7, 11) is 1.69. The lowest BCUT2D eigenvalue weighted by molar-refractivity contribution is -0.130. The van der Waals surface area contributed by atoms with Crippen molar-refractivity contribution in [2.45, 2.75) is 26.7 Å². The number of aliphatic imine (C=N–C) groups is 1. The Morgan fingerprint density at radius 2 is 1.92 bits per heavy atom. The van der Waals surface area contributed by atoms with Gasteiger partial charge in [-0.05, 0) is 37.5 Å². The maximum Gasteiger partial charge on any atom is 0.219 e. The summed E-state index contributed by atoms with van der Waals surface area (Å²) >= 11 is 0. The van der Waals surface area contributed by atoms with Gasteiger partial charge in [0, 0.05) is 46.2 Å². The number of hydrogen-bond acceptors (Lipinski definition) is 3. The first-order chi connectivity index (χ1) is 12.1. The minimum Gasteiger partial charge on any atom is -0.497 e. The van der Waals surface area contributed by atoms with Gasteiger partial charge in [-0.1, -0.05) is 12.1 Å². The standard InChI is InChI=1S/C19H30N4O2.HI/c1-4-20-19(23-13-11-22(12-14-23)16(2)24)21-10-6-8-17-7-5-9-18(15-17)25-3;/h5,7,9,15H,4,6,8,10-14H2,1-3H3,(H,20,21);1H. The molecule has 1 fully saturated rings. The highest BCUT2D eigenvalue weighted by Crippen LogP contribution is 2.14. The molecule has 1 N–H and O–H groups in total. The number of piperazine rings is 1. The fraction of sp³-hybridized carbons (Fsp3) is 0.579. The van der Waals surface area contributed by atoms with E-state index in [0.717, 1.165) is 63.8 Å². The van der Waals surface area contributed by atoms with E-state index in [1.54, 1.807) is 14.0 Å². The number of hydrogen-bond donors (Lipinski definition) is 1. The highest BCUT2D eigenvalue weighted by atomic mass is 127. The predicted molar refractivity (Wildman–Crippen MR) is 117 cm³/mol. The molecule has 2 rings (SSSR count). The highest BCUT2D eigenvalue weighted by molar-refractivity contribution is 14.0. The summed E-state index contributed by atoms with van der Waals surface area (Å²) in [6.07, 6.45) is 1.98. The van der Waals surface area contributed by atoms with E-state index in [1.807, 2.05) is 17.0 Å². The van der Waals surface area contributed by atoms with Crippen molar-refractivity contribution in [3.8, 4) is 5.75 Å². The van der Waals surface area contributed by atoms with Crippen molar-refractivity contribution in [1.29, 1.82) is 0 Å². The molecule has 0 aliphatic carbocycles. The van der Waals surface area contributed by atoms with Crippen LogP contribution in [0.15, 0.2) is 29.3 Å². The lowest BCUT2D eigenvalue weighted by Gasteiger charge is -2.36. The maximum absolute atomic E-state index is 11.4. The Kier molecular flexibility index (Phi) is 10.4. The lowest BCUT2D eigenvalue weighted by atomic mass is 10.1. The van der Waals surface area contributed by atoms with Crippen LogP contribution in [0.2, 0.25) is 0 Å². The summed E-state index contributed by atoms with van der Waals surface area (Å²) in [4.78, 5) is 20.3. The molecular formula is C19H31IN4O2. The fourth-order valence-electron chi connectivity index (χ4n) is 2.96. The molecule has 0 saturated carbocycles. The Morgan fingerprint density at radius 1 is 1.23 bits per heavy atom. The van der Waals surface area contributed by atoms with Crippen LogP contribution in [0.25, 0.3) is 0 Å². The molecule has 1 aliphatic rings. The Balaban J connectivity index is 0.00000338. The summed E-state index contributed by atoms with van der Waals surface area (Å²) in [5, 5.41) is 3.37. The van der Waals surface area contributed by atoms with Gasteiger partial charge in [0.1, 0.15) is 5.75 Å². The molecule has 1 aromatic carbocycles. The second-order valence-electron chi connectivity index (χ2n) is 6.18. The quantitative estimate of drug-likeness (QED) is 0.298. The fourth-order valence-corrected chi connectivity index (χ4v) is 2.96. The van der Waals surface area contributed by atoms with E-state index in [-0.39, 0.29) is 29.9 Å². The molecule has 26 heavy (non-hydrogen) atoms. The summed E-state index contributed by atoms with van der Waals surface area (Å²) in [5.41, 5.74) is 1.27. The highest BCUT2D eigenvalue weighted by Gasteiger charge is 2.20. The zero-order valence-electron chi connectivity index (χ0n) is 16.0. The van der Waals surface area contributed by atoms with Crippen LogP contribution >= 0.6 is 24.0 Å². The number of guanidine groups is 1. The van der Waals surface area contributed by atoms with Crippen LogP contribution in [-0.2, 0) is 11.2 Å². The van der Waals surface area contributed by atoms with Gasteiger partial charge >= 0.3 is 0 Å². The van der Waals surface area contributed by atoms with Crippen LogP contribution < -0.4 is 10.1 Å². The van der Waals surface area contributed by atoms with E-state index in [9.17, 15) is 4.79 Å². The van der Waals surface area contributed by atoms with Gasteiger partial charge in [-0.15, -0.1) is 24.0 Å². The number of carbonyl (C=O) groups excluding carboxylic acids is 1. The summed E-state index contributed by atoms with van der Waals surface area (Å²) in [5.74, 6) is 2.01.